The molecular weight excluding hydrogens is 282 g/mol. The normalized spacial score (nSPS) is 11.7. The number of hydrogen-bond donors (Lipinski definition) is 0. The first-order chi connectivity index (χ1) is 10.2. The molecule has 0 N–H and O–H groups in total. The summed E-state index contributed by atoms with van der Waals surface area (Å²) in [5.74, 6) is -0.767. The molecule has 1 rings (SSSR count). The van der Waals surface area contributed by atoms with Crippen molar-refractivity contribution in [2.45, 2.75) is 27.2 Å². The second-order valence-electron chi connectivity index (χ2n) is 5.70. The van der Waals surface area contributed by atoms with Crippen LogP contribution in [0.1, 0.15) is 27.2 Å². The van der Waals surface area contributed by atoms with Gasteiger partial charge in [0.05, 0.1) is 11.9 Å². The van der Waals surface area contributed by atoms with Crippen molar-refractivity contribution in [3.63, 3.8) is 0 Å². The second-order valence-corrected chi connectivity index (χ2v) is 5.70. The van der Waals surface area contributed by atoms with Crippen LogP contribution in [0.2, 0.25) is 0 Å². The number of benzene rings is 1. The van der Waals surface area contributed by atoms with E-state index in [0.29, 0.717) is 17.1 Å². The highest BCUT2D eigenvalue weighted by molar-refractivity contribution is 5.60. The van der Waals surface area contributed by atoms with E-state index in [1.807, 2.05) is 13.8 Å². The number of rotatable bonds is 6. The third-order valence-electron chi connectivity index (χ3n) is 3.31. The first-order valence-corrected chi connectivity index (χ1v) is 6.84. The molecule has 0 aromatic heterocycles. The van der Waals surface area contributed by atoms with Gasteiger partial charge in [-0.2, -0.15) is 5.26 Å². The lowest BCUT2D eigenvalue weighted by Crippen LogP contribution is -2.30. The van der Waals surface area contributed by atoms with E-state index in [0.717, 1.165) is 0 Å². The summed E-state index contributed by atoms with van der Waals surface area (Å²) in [4.78, 5) is 1.64. The predicted octanol–water partition coefficient (Wildman–Crippen LogP) is 5.47. The van der Waals surface area contributed by atoms with Crippen LogP contribution in [0, 0.1) is 22.6 Å². The summed E-state index contributed by atoms with van der Waals surface area (Å²) in [5.41, 5.74) is 1.02. The molecule has 0 aliphatic heterocycles. The molecule has 0 saturated heterocycles. The van der Waals surface area contributed by atoms with E-state index in [-0.39, 0.29) is 12.2 Å². The number of halogens is 2. The Morgan fingerprint density at radius 3 is 2.32 bits per heavy atom. The van der Waals surface area contributed by atoms with Gasteiger partial charge in [-0.05, 0) is 37.3 Å². The van der Waals surface area contributed by atoms with Gasteiger partial charge in [0, 0.05) is 28.9 Å². The van der Waals surface area contributed by atoms with Crippen LogP contribution in [0.15, 0.2) is 60.7 Å². The quantitative estimate of drug-likeness (QED) is 0.651. The lowest BCUT2D eigenvalue weighted by molar-refractivity contribution is 0.450. The first kappa shape index (κ1) is 17.6. The van der Waals surface area contributed by atoms with Gasteiger partial charge in [0.1, 0.15) is 5.82 Å². The van der Waals surface area contributed by atoms with Crippen molar-refractivity contribution in [1.29, 1.82) is 5.26 Å². The largest absolute Gasteiger partial charge is 0.315 e. The molecule has 0 aliphatic carbocycles. The van der Waals surface area contributed by atoms with Gasteiger partial charge in [-0.1, -0.05) is 27.0 Å². The third-order valence-corrected chi connectivity index (χ3v) is 3.31. The van der Waals surface area contributed by atoms with E-state index in [4.69, 9.17) is 5.26 Å². The molecule has 0 aliphatic rings. The molecule has 22 heavy (non-hydrogen) atoms. The zero-order valence-electron chi connectivity index (χ0n) is 13.2. The van der Waals surface area contributed by atoms with Crippen LogP contribution < -0.4 is 4.90 Å². The summed E-state index contributed by atoms with van der Waals surface area (Å²) in [6, 6.07) is 7.87. The van der Waals surface area contributed by atoms with E-state index >= 15 is 0 Å². The fraction of sp³-hybridized carbons (Fsp3) is 0.278. The fourth-order valence-electron chi connectivity index (χ4n) is 1.98. The Hall–Kier alpha value is -2.41. The van der Waals surface area contributed by atoms with E-state index in [9.17, 15) is 8.78 Å². The van der Waals surface area contributed by atoms with E-state index in [2.05, 4.69) is 19.2 Å². The van der Waals surface area contributed by atoms with E-state index < -0.39 is 11.2 Å². The first-order valence-electron chi connectivity index (χ1n) is 6.84. The van der Waals surface area contributed by atoms with Crippen molar-refractivity contribution in [2.75, 3.05) is 4.90 Å². The van der Waals surface area contributed by atoms with Crippen LogP contribution >= 0.6 is 0 Å². The zero-order valence-corrected chi connectivity index (χ0v) is 13.2. The average Bonchev–Trinajstić information content (AvgIpc) is 2.40. The summed E-state index contributed by atoms with van der Waals surface area (Å²) in [6.07, 6.45) is 1.52. The molecular formula is C18H20F2N2. The Balaban J connectivity index is 3.32. The monoisotopic (exact) mass is 302 g/mol. The van der Waals surface area contributed by atoms with Crippen molar-refractivity contribution in [1.82, 2.24) is 0 Å². The Labute approximate surface area is 130 Å². The minimum Gasteiger partial charge on any atom is -0.315 e. The van der Waals surface area contributed by atoms with Crippen LogP contribution in [-0.2, 0) is 0 Å². The maximum atomic E-state index is 13.2. The van der Waals surface area contributed by atoms with Gasteiger partial charge in [0.2, 0.25) is 0 Å². The summed E-state index contributed by atoms with van der Waals surface area (Å²) in [6.45, 7) is 13.0. The standard InChI is InChI=1S/C18H20F2N2/c1-13(19)12-14(2)22(15(3)18(4,5)10-11-21)17-8-6-16(20)7-9-17/h6-9,12H,2-3,10H2,1,4-5H3/b13-12+. The van der Waals surface area contributed by atoms with Gasteiger partial charge in [-0.15, -0.1) is 0 Å². The maximum absolute atomic E-state index is 13.2. The summed E-state index contributed by atoms with van der Waals surface area (Å²) >= 11 is 0. The van der Waals surface area contributed by atoms with Crippen LogP contribution in [-0.4, -0.2) is 0 Å². The Bertz CT molecular complexity index is 630. The molecule has 0 amide bonds. The molecule has 0 spiro atoms. The topological polar surface area (TPSA) is 27.0 Å². The molecule has 1 aromatic rings. The van der Waals surface area contributed by atoms with E-state index in [1.54, 1.807) is 17.0 Å². The fourth-order valence-corrected chi connectivity index (χ4v) is 1.98. The van der Waals surface area contributed by atoms with Crippen molar-refractivity contribution in [2.24, 2.45) is 5.41 Å². The molecule has 0 unspecified atom stereocenters. The van der Waals surface area contributed by atoms with Gasteiger partial charge in [-0.25, -0.2) is 8.78 Å². The van der Waals surface area contributed by atoms with Crippen LogP contribution in [0.25, 0.3) is 0 Å². The number of nitrogens with zero attached hydrogens (tertiary/aromatic N) is 2. The summed E-state index contributed by atoms with van der Waals surface area (Å²) < 4.78 is 26.4. The third kappa shape index (κ3) is 4.29. The minimum absolute atomic E-state index is 0.245. The number of allylic oxidation sites excluding steroid dienone is 3. The predicted molar refractivity (Wildman–Crippen MR) is 86.0 cm³/mol. The second kappa shape index (κ2) is 7.04. The van der Waals surface area contributed by atoms with Crippen molar-refractivity contribution in [3.05, 3.63) is 66.5 Å². The summed E-state index contributed by atoms with van der Waals surface area (Å²) in [7, 11) is 0. The highest BCUT2D eigenvalue weighted by atomic mass is 19.1. The highest BCUT2D eigenvalue weighted by Gasteiger charge is 2.28. The molecule has 0 radical (unpaired) electrons. The van der Waals surface area contributed by atoms with E-state index in [1.165, 1.54) is 25.1 Å². The molecule has 1 aromatic carbocycles. The van der Waals surface area contributed by atoms with Crippen LogP contribution in [0.5, 0.6) is 0 Å². The molecule has 0 saturated carbocycles. The van der Waals surface area contributed by atoms with Gasteiger partial charge < -0.3 is 4.90 Å². The molecule has 2 nitrogen and oxygen atoms in total. The number of nitriles is 1. The zero-order chi connectivity index (χ0) is 16.9. The molecule has 0 bridgehead atoms. The van der Waals surface area contributed by atoms with Crippen molar-refractivity contribution in [3.8, 4) is 6.07 Å². The van der Waals surface area contributed by atoms with Crippen molar-refractivity contribution >= 4 is 5.69 Å². The minimum atomic E-state index is -0.538. The molecule has 0 heterocycles. The molecule has 0 fully saturated rings. The van der Waals surface area contributed by atoms with Gasteiger partial charge >= 0.3 is 0 Å². The number of anilines is 1. The Morgan fingerprint density at radius 1 is 1.32 bits per heavy atom. The SMILES string of the molecule is C=C(/C=C(\C)F)N(C(=C)C(C)(C)CC#N)c1ccc(F)cc1. The molecule has 4 heteroatoms. The van der Waals surface area contributed by atoms with Gasteiger partial charge in [0.15, 0.2) is 0 Å². The summed E-state index contributed by atoms with van der Waals surface area (Å²) in [5, 5.41) is 8.97. The molecule has 0 atom stereocenters. The van der Waals surface area contributed by atoms with Crippen molar-refractivity contribution < 1.29 is 8.78 Å². The average molecular weight is 302 g/mol. The number of hydrogen-bond acceptors (Lipinski definition) is 2. The van der Waals surface area contributed by atoms with Gasteiger partial charge in [-0.3, -0.25) is 0 Å². The Kier molecular flexibility index (Phi) is 5.64. The molecule has 116 valence electrons. The highest BCUT2D eigenvalue weighted by Crippen LogP contribution is 2.36. The lowest BCUT2D eigenvalue weighted by Gasteiger charge is -2.36. The Morgan fingerprint density at radius 2 is 1.86 bits per heavy atom. The lowest BCUT2D eigenvalue weighted by atomic mass is 9.85. The van der Waals surface area contributed by atoms with Gasteiger partial charge in [0.25, 0.3) is 0 Å². The van der Waals surface area contributed by atoms with Crippen LogP contribution in [0.4, 0.5) is 14.5 Å². The van der Waals surface area contributed by atoms with Crippen LogP contribution in [0.3, 0.4) is 0 Å². The maximum Gasteiger partial charge on any atom is 0.123 e. The smallest absolute Gasteiger partial charge is 0.123 e.